The molecule has 1 amide bonds. The third kappa shape index (κ3) is 10.6. The number of rotatable bonds is 13. The highest BCUT2D eigenvalue weighted by molar-refractivity contribution is 8.05. The van der Waals surface area contributed by atoms with Crippen molar-refractivity contribution in [3.05, 3.63) is 70.0 Å². The summed E-state index contributed by atoms with van der Waals surface area (Å²) in [7, 11) is 0. The topological polar surface area (TPSA) is 126 Å². The molecule has 0 saturated carbocycles. The smallest absolute Gasteiger partial charge is 0.329 e. The van der Waals surface area contributed by atoms with Crippen LogP contribution >= 0.6 is 34.9 Å². The number of ether oxygens (including phenoxy) is 1. The van der Waals surface area contributed by atoms with Crippen molar-refractivity contribution < 1.29 is 19.4 Å². The van der Waals surface area contributed by atoms with Gasteiger partial charge in [-0.25, -0.2) is 4.79 Å². The fourth-order valence-electron chi connectivity index (χ4n) is 3.07. The first-order chi connectivity index (χ1) is 17.7. The zero-order chi connectivity index (χ0) is 28.0. The SMILES string of the molecule is C=C/C(=C\C/C(=C\C)Sc1cc(C(=N)N)sc1SC)c1ccc(NC(=O)COCC(=O)O)cc1C.CC. The average molecular weight is 562 g/mol. The summed E-state index contributed by atoms with van der Waals surface area (Å²) >= 11 is 4.85. The maximum absolute atomic E-state index is 11.9. The van der Waals surface area contributed by atoms with E-state index < -0.39 is 18.5 Å². The first-order valence-electron chi connectivity index (χ1n) is 11.6. The van der Waals surface area contributed by atoms with Crippen LogP contribution in [0.2, 0.25) is 0 Å². The summed E-state index contributed by atoms with van der Waals surface area (Å²) < 4.78 is 5.95. The van der Waals surface area contributed by atoms with Gasteiger partial charge in [0.2, 0.25) is 5.91 Å². The molecule has 7 nitrogen and oxygen atoms in total. The van der Waals surface area contributed by atoms with Crippen LogP contribution in [-0.4, -0.2) is 42.3 Å². The Morgan fingerprint density at radius 2 is 1.97 bits per heavy atom. The summed E-state index contributed by atoms with van der Waals surface area (Å²) in [5.74, 6) is -1.46. The number of carboxylic acids is 1. The molecule has 0 spiro atoms. The van der Waals surface area contributed by atoms with Gasteiger partial charge in [0.25, 0.3) is 0 Å². The number of allylic oxidation sites excluding steroid dienone is 5. The van der Waals surface area contributed by atoms with Crippen LogP contribution < -0.4 is 11.1 Å². The van der Waals surface area contributed by atoms with Gasteiger partial charge in [-0.15, -0.1) is 23.1 Å². The monoisotopic (exact) mass is 561 g/mol. The second-order valence-electron chi connectivity index (χ2n) is 7.27. The minimum Gasteiger partial charge on any atom is -0.480 e. The van der Waals surface area contributed by atoms with Crippen molar-refractivity contribution in [3.8, 4) is 0 Å². The molecule has 0 aliphatic rings. The van der Waals surface area contributed by atoms with Crippen molar-refractivity contribution in [2.45, 2.75) is 43.2 Å². The van der Waals surface area contributed by atoms with E-state index in [1.54, 1.807) is 29.6 Å². The van der Waals surface area contributed by atoms with Gasteiger partial charge in [-0.2, -0.15) is 0 Å². The van der Waals surface area contributed by atoms with Crippen LogP contribution in [0.4, 0.5) is 5.69 Å². The molecule has 1 aromatic heterocycles. The number of carbonyl (C=O) groups excluding carboxylic acids is 1. The molecule has 0 saturated heterocycles. The normalized spacial score (nSPS) is 11.4. The Morgan fingerprint density at radius 3 is 2.51 bits per heavy atom. The zero-order valence-corrected chi connectivity index (χ0v) is 24.3. The lowest BCUT2D eigenvalue weighted by Crippen LogP contribution is -2.20. The van der Waals surface area contributed by atoms with E-state index in [0.29, 0.717) is 12.1 Å². The lowest BCUT2D eigenvalue weighted by molar-refractivity contribution is -0.143. The number of benzene rings is 1. The van der Waals surface area contributed by atoms with Gasteiger partial charge >= 0.3 is 5.97 Å². The standard InChI is InChI=1S/C25H29N3O4S3.C2H6/c1-5-16(7-9-18(6-2)34-21-12-20(24(26)27)35-25(21)33-4)19-10-8-17(11-15(19)3)28-22(29)13-32-14-23(30)31;1-2/h5-8,10-12H,1,9,13-14H2,2-4H3,(H3,26,27)(H,28,29)(H,30,31);1-2H3/b16-7+,18-6+;. The third-order valence-corrected chi connectivity index (χ3v) is 8.47. The summed E-state index contributed by atoms with van der Waals surface area (Å²) in [4.78, 5) is 25.5. The minimum absolute atomic E-state index is 0.0796. The Hall–Kier alpha value is -2.79. The van der Waals surface area contributed by atoms with E-state index in [2.05, 4.69) is 24.0 Å². The fourth-order valence-corrected chi connectivity index (χ4v) is 6.11. The van der Waals surface area contributed by atoms with Crippen LogP contribution in [0.15, 0.2) is 63.1 Å². The predicted octanol–water partition coefficient (Wildman–Crippen LogP) is 6.78. The predicted molar refractivity (Wildman–Crippen MR) is 159 cm³/mol. The number of aryl methyl sites for hydroxylation is 1. The number of thioether (sulfide) groups is 2. The molecule has 0 aliphatic heterocycles. The second-order valence-corrected chi connectivity index (χ2v) is 10.6. The maximum atomic E-state index is 11.9. The number of nitrogen functional groups attached to an aromatic ring is 1. The number of nitrogens with one attached hydrogen (secondary N) is 2. The summed E-state index contributed by atoms with van der Waals surface area (Å²) in [5, 5.41) is 19.0. The van der Waals surface area contributed by atoms with E-state index in [1.807, 2.05) is 58.2 Å². The molecule has 37 heavy (non-hydrogen) atoms. The van der Waals surface area contributed by atoms with Gasteiger partial charge < -0.3 is 20.9 Å². The second kappa shape index (κ2) is 16.9. The Balaban J connectivity index is 0.00000334. The largest absolute Gasteiger partial charge is 0.480 e. The summed E-state index contributed by atoms with van der Waals surface area (Å²) in [5.41, 5.74) is 9.21. The molecule has 0 aliphatic carbocycles. The highest BCUT2D eigenvalue weighted by Crippen LogP contribution is 2.41. The highest BCUT2D eigenvalue weighted by Gasteiger charge is 2.13. The molecule has 0 atom stereocenters. The van der Waals surface area contributed by atoms with Gasteiger partial charge in [0, 0.05) is 10.6 Å². The van der Waals surface area contributed by atoms with Gasteiger partial charge in [-0.1, -0.05) is 56.5 Å². The molecule has 0 bridgehead atoms. The molecule has 0 radical (unpaired) electrons. The van der Waals surface area contributed by atoms with Crippen molar-refractivity contribution in [2.24, 2.45) is 5.73 Å². The molecule has 5 N–H and O–H groups in total. The molecule has 2 aromatic rings. The summed E-state index contributed by atoms with van der Waals surface area (Å²) in [6, 6.07) is 7.53. The number of carbonyl (C=O) groups is 2. The first-order valence-corrected chi connectivity index (χ1v) is 14.4. The summed E-state index contributed by atoms with van der Waals surface area (Å²) in [6.45, 7) is 11.1. The van der Waals surface area contributed by atoms with Crippen molar-refractivity contribution in [2.75, 3.05) is 24.8 Å². The third-order valence-electron chi connectivity index (χ3n) is 4.70. The number of nitrogens with two attached hydrogens (primary N) is 1. The molecule has 200 valence electrons. The van der Waals surface area contributed by atoms with Gasteiger partial charge in [-0.05, 0) is 66.3 Å². The van der Waals surface area contributed by atoms with E-state index in [4.69, 9.17) is 21.0 Å². The van der Waals surface area contributed by atoms with E-state index in [0.717, 1.165) is 35.6 Å². The van der Waals surface area contributed by atoms with E-state index in [1.165, 1.54) is 11.3 Å². The lowest BCUT2D eigenvalue weighted by Gasteiger charge is -2.12. The van der Waals surface area contributed by atoms with Crippen molar-refractivity contribution >= 4 is 63.8 Å². The van der Waals surface area contributed by atoms with Crippen LogP contribution in [0.5, 0.6) is 0 Å². The number of amidine groups is 1. The molecule has 1 heterocycles. The number of thiophene rings is 1. The van der Waals surface area contributed by atoms with Gasteiger partial charge in [0.15, 0.2) is 0 Å². The van der Waals surface area contributed by atoms with E-state index in [9.17, 15) is 9.59 Å². The highest BCUT2D eigenvalue weighted by atomic mass is 32.2. The van der Waals surface area contributed by atoms with Gasteiger partial charge in [0.05, 0.1) is 9.09 Å². The van der Waals surface area contributed by atoms with Crippen LogP contribution in [0.1, 0.15) is 43.2 Å². The Bertz CT molecular complexity index is 1170. The number of amides is 1. The van der Waals surface area contributed by atoms with E-state index in [-0.39, 0.29) is 12.4 Å². The minimum atomic E-state index is -1.12. The first kappa shape index (κ1) is 32.2. The Morgan fingerprint density at radius 1 is 1.27 bits per heavy atom. The van der Waals surface area contributed by atoms with Crippen LogP contribution in [0.3, 0.4) is 0 Å². The van der Waals surface area contributed by atoms with Crippen LogP contribution in [-0.2, 0) is 14.3 Å². The average Bonchev–Trinajstić information content (AvgIpc) is 3.28. The van der Waals surface area contributed by atoms with E-state index >= 15 is 0 Å². The van der Waals surface area contributed by atoms with Crippen molar-refractivity contribution in [3.63, 3.8) is 0 Å². The van der Waals surface area contributed by atoms with Gasteiger partial charge in [-0.3, -0.25) is 10.2 Å². The fraction of sp³-hybridized carbons (Fsp3) is 0.296. The quantitative estimate of drug-likeness (QED) is 0.0919. The van der Waals surface area contributed by atoms with Crippen LogP contribution in [0, 0.1) is 12.3 Å². The number of hydrogen-bond donors (Lipinski definition) is 4. The summed E-state index contributed by atoms with van der Waals surface area (Å²) in [6.07, 6.45) is 8.73. The Kier molecular flexibility index (Phi) is 14.7. The maximum Gasteiger partial charge on any atom is 0.329 e. The molecule has 1 aromatic carbocycles. The Labute approximate surface area is 231 Å². The molecule has 10 heteroatoms. The van der Waals surface area contributed by atoms with Crippen LogP contribution in [0.25, 0.3) is 5.57 Å². The lowest BCUT2D eigenvalue weighted by atomic mass is 9.99. The zero-order valence-electron chi connectivity index (χ0n) is 21.8. The molecular formula is C27H35N3O4S3. The molecular weight excluding hydrogens is 527 g/mol. The molecule has 0 unspecified atom stereocenters. The number of aliphatic carboxylic acids is 1. The van der Waals surface area contributed by atoms with Crippen molar-refractivity contribution in [1.29, 1.82) is 5.41 Å². The van der Waals surface area contributed by atoms with Crippen molar-refractivity contribution in [1.82, 2.24) is 0 Å². The number of anilines is 1. The number of hydrogen-bond acceptors (Lipinski definition) is 7. The number of carboxylic acid groups (broad SMARTS) is 1. The molecule has 2 rings (SSSR count). The van der Waals surface area contributed by atoms with Gasteiger partial charge in [0.1, 0.15) is 19.0 Å². The molecule has 0 fully saturated rings.